The van der Waals surface area contributed by atoms with Crippen LogP contribution in [0.15, 0.2) is 24.5 Å². The van der Waals surface area contributed by atoms with Gasteiger partial charge in [-0.25, -0.2) is 14.4 Å². The van der Waals surface area contributed by atoms with Gasteiger partial charge in [-0.05, 0) is 38.3 Å². The number of esters is 1. The quantitative estimate of drug-likeness (QED) is 0.265. The first kappa shape index (κ1) is 20.1. The van der Waals surface area contributed by atoms with Gasteiger partial charge < -0.3 is 9.64 Å². The second-order valence-electron chi connectivity index (χ2n) is 7.21. The minimum Gasteiger partial charge on any atom is -0.419 e. The van der Waals surface area contributed by atoms with Gasteiger partial charge in [0.1, 0.15) is 22.8 Å². The number of aromatic nitrogens is 2. The molecule has 0 atom stereocenters. The Morgan fingerprint density at radius 2 is 2.03 bits per heavy atom. The highest BCUT2D eigenvalue weighted by Crippen LogP contribution is 2.36. The summed E-state index contributed by atoms with van der Waals surface area (Å²) in [6, 6.07) is 2.82. The monoisotopic (exact) mass is 430 g/mol. The van der Waals surface area contributed by atoms with Crippen molar-refractivity contribution < 1.29 is 18.8 Å². The van der Waals surface area contributed by atoms with Crippen molar-refractivity contribution in [2.24, 2.45) is 5.92 Å². The van der Waals surface area contributed by atoms with Gasteiger partial charge in [-0.15, -0.1) is 11.3 Å². The Kier molecular flexibility index (Phi) is 5.33. The second kappa shape index (κ2) is 7.94. The van der Waals surface area contributed by atoms with E-state index in [4.69, 9.17) is 4.74 Å². The first-order chi connectivity index (χ1) is 14.3. The van der Waals surface area contributed by atoms with Crippen LogP contribution in [0, 0.1) is 35.7 Å². The van der Waals surface area contributed by atoms with Gasteiger partial charge in [-0.2, -0.15) is 0 Å². The summed E-state index contributed by atoms with van der Waals surface area (Å²) in [5, 5.41) is 12.1. The van der Waals surface area contributed by atoms with Crippen molar-refractivity contribution in [2.75, 3.05) is 18.0 Å². The van der Waals surface area contributed by atoms with Crippen LogP contribution in [0.1, 0.15) is 23.3 Å². The van der Waals surface area contributed by atoms with Crippen LogP contribution >= 0.6 is 11.3 Å². The van der Waals surface area contributed by atoms with Crippen molar-refractivity contribution in [1.29, 1.82) is 0 Å². The largest absolute Gasteiger partial charge is 0.419 e. The lowest BCUT2D eigenvalue weighted by molar-refractivity contribution is -0.385. The zero-order valence-electron chi connectivity index (χ0n) is 16.4. The van der Waals surface area contributed by atoms with E-state index in [0.29, 0.717) is 25.9 Å². The number of piperidine rings is 1. The average Bonchev–Trinajstić information content (AvgIpc) is 3.02. The summed E-state index contributed by atoms with van der Waals surface area (Å²) in [6.45, 7) is 5.28. The van der Waals surface area contributed by atoms with Crippen molar-refractivity contribution in [1.82, 2.24) is 9.97 Å². The fourth-order valence-electron chi connectivity index (χ4n) is 3.64. The first-order valence-electron chi connectivity index (χ1n) is 9.46. The third-order valence-corrected chi connectivity index (χ3v) is 6.52. The molecule has 0 aliphatic carbocycles. The van der Waals surface area contributed by atoms with Gasteiger partial charge >= 0.3 is 11.7 Å². The maximum absolute atomic E-state index is 13.5. The van der Waals surface area contributed by atoms with Crippen LogP contribution in [0.5, 0.6) is 5.75 Å². The summed E-state index contributed by atoms with van der Waals surface area (Å²) in [7, 11) is 0. The van der Waals surface area contributed by atoms with Gasteiger partial charge in [0.05, 0.1) is 16.2 Å². The molecule has 30 heavy (non-hydrogen) atoms. The number of anilines is 1. The van der Waals surface area contributed by atoms with Crippen molar-refractivity contribution in [3.63, 3.8) is 0 Å². The number of ether oxygens (including phenoxy) is 1. The van der Waals surface area contributed by atoms with E-state index >= 15 is 0 Å². The van der Waals surface area contributed by atoms with Crippen LogP contribution in [-0.4, -0.2) is 34.0 Å². The number of halogens is 1. The highest BCUT2D eigenvalue weighted by Gasteiger charge is 2.30. The Bertz CT molecular complexity index is 1140. The van der Waals surface area contributed by atoms with E-state index < -0.39 is 28.3 Å². The number of carbonyl (C=O) groups excluding carboxylic acids is 1. The molecule has 0 bridgehead atoms. The fraction of sp³-hybridized carbons (Fsp3) is 0.350. The van der Waals surface area contributed by atoms with E-state index in [9.17, 15) is 19.3 Å². The molecule has 3 aromatic rings. The number of aryl methyl sites for hydroxylation is 2. The van der Waals surface area contributed by atoms with Crippen molar-refractivity contribution in [2.45, 2.75) is 26.7 Å². The smallest absolute Gasteiger partial charge is 0.314 e. The number of carbonyl (C=O) groups is 1. The lowest BCUT2D eigenvalue weighted by Crippen LogP contribution is -2.38. The maximum atomic E-state index is 13.5. The predicted octanol–water partition coefficient (Wildman–Crippen LogP) is 4.18. The SMILES string of the molecule is Cc1sc2ncnc(N3CCC(C(=O)Oc4cc(F)ccc4[N+](=O)[O-])CC3)c2c1C. The van der Waals surface area contributed by atoms with Crippen LogP contribution in [0.25, 0.3) is 10.2 Å². The molecule has 0 unspecified atom stereocenters. The third kappa shape index (κ3) is 3.70. The molecule has 1 saturated heterocycles. The highest BCUT2D eigenvalue weighted by molar-refractivity contribution is 7.18. The van der Waals surface area contributed by atoms with Gasteiger partial charge in [0.25, 0.3) is 0 Å². The normalized spacial score (nSPS) is 14.8. The number of hydrogen-bond donors (Lipinski definition) is 0. The van der Waals surface area contributed by atoms with Gasteiger partial charge in [0, 0.05) is 30.1 Å². The number of nitro groups is 1. The number of nitro benzene ring substituents is 1. The minimum atomic E-state index is -0.701. The topological polar surface area (TPSA) is 98.5 Å². The molecule has 0 radical (unpaired) electrons. The number of fused-ring (bicyclic) bond motifs is 1. The summed E-state index contributed by atoms with van der Waals surface area (Å²) in [5.74, 6) is -1.22. The van der Waals surface area contributed by atoms with E-state index in [1.165, 1.54) is 4.88 Å². The van der Waals surface area contributed by atoms with Gasteiger partial charge in [0.2, 0.25) is 5.75 Å². The summed E-state index contributed by atoms with van der Waals surface area (Å²) in [4.78, 5) is 36.0. The number of rotatable bonds is 4. The number of hydrogen-bond acceptors (Lipinski definition) is 8. The zero-order chi connectivity index (χ0) is 21.4. The van der Waals surface area contributed by atoms with E-state index in [2.05, 4.69) is 28.7 Å². The molecule has 10 heteroatoms. The van der Waals surface area contributed by atoms with Gasteiger partial charge in [-0.3, -0.25) is 14.9 Å². The Labute approximate surface area is 175 Å². The van der Waals surface area contributed by atoms with Gasteiger partial charge in [-0.1, -0.05) is 0 Å². The van der Waals surface area contributed by atoms with E-state index in [-0.39, 0.29) is 5.75 Å². The molecule has 8 nitrogen and oxygen atoms in total. The summed E-state index contributed by atoms with van der Waals surface area (Å²) in [5.41, 5.74) is 0.722. The standard InChI is InChI=1S/C20H19FN4O4S/c1-11-12(2)30-19-17(11)18(22-10-23-19)24-7-5-13(6-8-24)20(26)29-16-9-14(21)3-4-15(16)25(27)28/h3-4,9-10,13H,5-8H2,1-2H3. The lowest BCUT2D eigenvalue weighted by Gasteiger charge is -2.32. The average molecular weight is 430 g/mol. The zero-order valence-corrected chi connectivity index (χ0v) is 17.2. The molecule has 2 aromatic heterocycles. The van der Waals surface area contributed by atoms with E-state index in [1.807, 2.05) is 0 Å². The molecule has 1 aliphatic heterocycles. The van der Waals surface area contributed by atoms with Crippen molar-refractivity contribution in [3.8, 4) is 5.75 Å². The highest BCUT2D eigenvalue weighted by atomic mass is 32.1. The molecular weight excluding hydrogens is 411 g/mol. The predicted molar refractivity (Wildman–Crippen MR) is 111 cm³/mol. The second-order valence-corrected chi connectivity index (χ2v) is 8.42. The Balaban J connectivity index is 1.48. The van der Waals surface area contributed by atoms with Crippen molar-refractivity contribution >= 4 is 39.0 Å². The summed E-state index contributed by atoms with van der Waals surface area (Å²) < 4.78 is 18.7. The molecule has 0 saturated carbocycles. The summed E-state index contributed by atoms with van der Waals surface area (Å²) >= 11 is 1.63. The van der Waals surface area contributed by atoms with Crippen LogP contribution in [0.2, 0.25) is 0 Å². The van der Waals surface area contributed by atoms with E-state index in [0.717, 1.165) is 39.8 Å². The van der Waals surface area contributed by atoms with Crippen LogP contribution in [0.4, 0.5) is 15.9 Å². The molecule has 4 rings (SSSR count). The molecule has 156 valence electrons. The van der Waals surface area contributed by atoms with Gasteiger partial charge in [0.15, 0.2) is 0 Å². The lowest BCUT2D eigenvalue weighted by atomic mass is 9.96. The van der Waals surface area contributed by atoms with Crippen LogP contribution < -0.4 is 9.64 Å². The first-order valence-corrected chi connectivity index (χ1v) is 10.3. The molecule has 1 fully saturated rings. The van der Waals surface area contributed by atoms with Crippen LogP contribution in [-0.2, 0) is 4.79 Å². The Morgan fingerprint density at radius 3 is 2.73 bits per heavy atom. The third-order valence-electron chi connectivity index (χ3n) is 5.40. The molecule has 1 aliphatic rings. The molecule has 0 amide bonds. The van der Waals surface area contributed by atoms with Crippen molar-refractivity contribution in [3.05, 3.63) is 50.9 Å². The minimum absolute atomic E-state index is 0.366. The molecule has 3 heterocycles. The number of thiophene rings is 1. The Morgan fingerprint density at radius 1 is 1.30 bits per heavy atom. The Hall–Kier alpha value is -3.14. The molecule has 0 N–H and O–H groups in total. The fourth-order valence-corrected chi connectivity index (χ4v) is 4.63. The number of benzene rings is 1. The maximum Gasteiger partial charge on any atom is 0.314 e. The summed E-state index contributed by atoms with van der Waals surface area (Å²) in [6.07, 6.45) is 2.57. The van der Waals surface area contributed by atoms with Crippen LogP contribution in [0.3, 0.4) is 0 Å². The molecule has 0 spiro atoms. The number of nitrogens with zero attached hydrogens (tertiary/aromatic N) is 4. The molecule has 1 aromatic carbocycles. The van der Waals surface area contributed by atoms with E-state index in [1.54, 1.807) is 17.7 Å². The molecular formula is C20H19FN4O4S.